The summed E-state index contributed by atoms with van der Waals surface area (Å²) in [7, 11) is 0. The number of nitrogens with zero attached hydrogens (tertiary/aromatic N) is 2. The minimum Gasteiger partial charge on any atom is -0.476 e. The second kappa shape index (κ2) is 4.30. The van der Waals surface area contributed by atoms with E-state index < -0.39 is 5.97 Å². The summed E-state index contributed by atoms with van der Waals surface area (Å²) in [5.74, 6) is 0.421. The van der Waals surface area contributed by atoms with Crippen LogP contribution in [-0.2, 0) is 0 Å². The van der Waals surface area contributed by atoms with Gasteiger partial charge in [-0.3, -0.25) is 0 Å². The number of carbonyl (C=O) groups is 1. The number of benzene rings is 1. The molecule has 0 spiro atoms. The van der Waals surface area contributed by atoms with E-state index in [0.717, 1.165) is 32.4 Å². The molecule has 0 unspecified atom stereocenters. The number of carboxylic acids is 1. The third-order valence-electron chi connectivity index (χ3n) is 4.23. The Morgan fingerprint density at radius 3 is 2.90 bits per heavy atom. The van der Waals surface area contributed by atoms with Crippen molar-refractivity contribution in [2.75, 3.05) is 0 Å². The SMILES string of the molecule is O=C(O)c1nc2n(c1I)C1CC(C1)c1ccc(Br)cc1-2. The fraction of sp³-hybridized carbons (Fsp3) is 0.286. The number of halogens is 2. The minimum absolute atomic E-state index is 0.164. The molecule has 0 atom stereocenters. The molecule has 2 aromatic rings. The minimum atomic E-state index is -0.956. The van der Waals surface area contributed by atoms with Gasteiger partial charge in [0.1, 0.15) is 9.53 Å². The lowest BCUT2D eigenvalue weighted by Crippen LogP contribution is -2.24. The van der Waals surface area contributed by atoms with Crippen molar-refractivity contribution >= 4 is 44.5 Å². The number of carboxylic acid groups (broad SMARTS) is 1. The van der Waals surface area contributed by atoms with Crippen LogP contribution in [0.2, 0.25) is 0 Å². The molecule has 20 heavy (non-hydrogen) atoms. The lowest BCUT2D eigenvalue weighted by atomic mass is 9.76. The van der Waals surface area contributed by atoms with Crippen molar-refractivity contribution in [3.8, 4) is 11.4 Å². The zero-order valence-corrected chi connectivity index (χ0v) is 14.1. The van der Waals surface area contributed by atoms with Gasteiger partial charge in [-0.1, -0.05) is 22.0 Å². The number of imidazole rings is 1. The van der Waals surface area contributed by atoms with Crippen molar-refractivity contribution in [2.24, 2.45) is 0 Å². The predicted octanol–water partition coefficient (Wildman–Crippen LogP) is 4.05. The predicted molar refractivity (Wildman–Crippen MR) is 86.1 cm³/mol. The first-order chi connectivity index (χ1) is 9.56. The van der Waals surface area contributed by atoms with E-state index in [1.54, 1.807) is 0 Å². The van der Waals surface area contributed by atoms with E-state index in [9.17, 15) is 9.90 Å². The molecule has 1 aromatic carbocycles. The third kappa shape index (κ3) is 1.64. The van der Waals surface area contributed by atoms with Crippen molar-refractivity contribution < 1.29 is 9.90 Å². The molecule has 1 N–H and O–H groups in total. The first kappa shape index (κ1) is 12.8. The van der Waals surface area contributed by atoms with Crippen LogP contribution in [0.15, 0.2) is 22.7 Å². The molecule has 6 heteroatoms. The summed E-state index contributed by atoms with van der Waals surface area (Å²) in [6.45, 7) is 0. The van der Waals surface area contributed by atoms with Gasteiger partial charge in [0.25, 0.3) is 0 Å². The molecule has 1 aliphatic carbocycles. The molecule has 0 saturated heterocycles. The standard InChI is InChI=1S/C14H10BrIN2O2/c15-7-1-2-9-6-3-8(4-6)18-12(16)11(14(19)20)17-13(18)10(9)5-7/h1-2,5-6,8H,3-4H2,(H,19,20). The Balaban J connectivity index is 2.05. The van der Waals surface area contributed by atoms with Gasteiger partial charge in [-0.25, -0.2) is 9.78 Å². The van der Waals surface area contributed by atoms with Gasteiger partial charge in [-0.05, 0) is 59.0 Å². The maximum Gasteiger partial charge on any atom is 0.357 e. The van der Waals surface area contributed by atoms with Gasteiger partial charge in [0, 0.05) is 16.1 Å². The molecule has 102 valence electrons. The van der Waals surface area contributed by atoms with E-state index in [4.69, 9.17) is 0 Å². The van der Waals surface area contributed by atoms with Crippen LogP contribution in [0.3, 0.4) is 0 Å². The molecule has 3 heterocycles. The van der Waals surface area contributed by atoms with Crippen molar-refractivity contribution in [3.63, 3.8) is 0 Å². The Labute approximate surface area is 137 Å². The van der Waals surface area contributed by atoms with E-state index in [1.165, 1.54) is 5.56 Å². The van der Waals surface area contributed by atoms with Crippen LogP contribution in [0, 0.1) is 3.70 Å². The molecular formula is C14H10BrIN2O2. The van der Waals surface area contributed by atoms with E-state index in [-0.39, 0.29) is 5.69 Å². The molecular weight excluding hydrogens is 435 g/mol. The summed E-state index contributed by atoms with van der Waals surface area (Å²) >= 11 is 5.61. The van der Waals surface area contributed by atoms with Gasteiger partial charge in [-0.2, -0.15) is 0 Å². The van der Waals surface area contributed by atoms with E-state index in [2.05, 4.69) is 60.2 Å². The van der Waals surface area contributed by atoms with Gasteiger partial charge < -0.3 is 9.67 Å². The van der Waals surface area contributed by atoms with Crippen LogP contribution in [0.4, 0.5) is 0 Å². The van der Waals surface area contributed by atoms with Crippen LogP contribution in [0.5, 0.6) is 0 Å². The maximum atomic E-state index is 11.3. The van der Waals surface area contributed by atoms with Crippen molar-refractivity contribution in [1.29, 1.82) is 0 Å². The topological polar surface area (TPSA) is 55.1 Å². The molecule has 0 radical (unpaired) electrons. The highest BCUT2D eigenvalue weighted by atomic mass is 127. The molecule has 1 aromatic heterocycles. The zero-order valence-electron chi connectivity index (χ0n) is 10.3. The summed E-state index contributed by atoms with van der Waals surface area (Å²) in [6, 6.07) is 6.62. The number of aromatic nitrogens is 2. The monoisotopic (exact) mass is 444 g/mol. The second-order valence-electron chi connectivity index (χ2n) is 5.30. The van der Waals surface area contributed by atoms with Gasteiger partial charge >= 0.3 is 5.97 Å². The first-order valence-corrected chi connectivity index (χ1v) is 8.24. The maximum absolute atomic E-state index is 11.3. The van der Waals surface area contributed by atoms with Gasteiger partial charge in [0.05, 0.1) is 0 Å². The van der Waals surface area contributed by atoms with Crippen LogP contribution < -0.4 is 0 Å². The van der Waals surface area contributed by atoms with Crippen molar-refractivity contribution in [3.05, 3.63) is 37.6 Å². The molecule has 1 saturated carbocycles. The van der Waals surface area contributed by atoms with E-state index >= 15 is 0 Å². The summed E-state index contributed by atoms with van der Waals surface area (Å²) < 4.78 is 3.84. The second-order valence-corrected chi connectivity index (χ2v) is 7.24. The van der Waals surface area contributed by atoms with Crippen LogP contribution >= 0.6 is 38.5 Å². The Morgan fingerprint density at radius 2 is 2.20 bits per heavy atom. The average molecular weight is 445 g/mol. The molecule has 4 nitrogen and oxygen atoms in total. The van der Waals surface area contributed by atoms with Crippen LogP contribution in [-0.4, -0.2) is 20.6 Å². The smallest absolute Gasteiger partial charge is 0.357 e. The average Bonchev–Trinajstić information content (AvgIpc) is 2.55. The molecule has 5 rings (SSSR count). The van der Waals surface area contributed by atoms with Gasteiger partial charge in [0.15, 0.2) is 5.69 Å². The molecule has 2 bridgehead atoms. The van der Waals surface area contributed by atoms with E-state index in [1.807, 2.05) is 6.07 Å². The number of rotatable bonds is 1. The quantitative estimate of drug-likeness (QED) is 0.675. The largest absolute Gasteiger partial charge is 0.476 e. The van der Waals surface area contributed by atoms with Crippen LogP contribution in [0.1, 0.15) is 40.9 Å². The highest BCUT2D eigenvalue weighted by molar-refractivity contribution is 14.1. The zero-order chi connectivity index (χ0) is 14.0. The molecule has 1 fully saturated rings. The summed E-state index contributed by atoms with van der Waals surface area (Å²) in [5.41, 5.74) is 2.52. The normalized spacial score (nSPS) is 22.5. The number of hydrogen-bond acceptors (Lipinski definition) is 2. The van der Waals surface area contributed by atoms with Gasteiger partial charge in [-0.15, -0.1) is 0 Å². The number of hydrogen-bond donors (Lipinski definition) is 1. The highest BCUT2D eigenvalue weighted by Gasteiger charge is 2.40. The Morgan fingerprint density at radius 1 is 1.45 bits per heavy atom. The Bertz CT molecular complexity index is 750. The molecule has 3 aliphatic rings. The third-order valence-corrected chi connectivity index (χ3v) is 5.75. The summed E-state index contributed by atoms with van der Waals surface area (Å²) in [5, 5.41) is 9.30. The summed E-state index contributed by atoms with van der Waals surface area (Å²) in [6.07, 6.45) is 2.15. The van der Waals surface area contributed by atoms with Crippen molar-refractivity contribution in [1.82, 2.24) is 9.55 Å². The molecule has 2 aliphatic heterocycles. The fourth-order valence-corrected chi connectivity index (χ4v) is 4.54. The van der Waals surface area contributed by atoms with E-state index in [0.29, 0.717) is 12.0 Å². The molecule has 0 amide bonds. The lowest BCUT2D eigenvalue weighted by molar-refractivity contribution is 0.0689. The van der Waals surface area contributed by atoms with Crippen LogP contribution in [0.25, 0.3) is 11.4 Å². The fourth-order valence-electron chi connectivity index (χ4n) is 3.20. The highest BCUT2D eigenvalue weighted by Crippen LogP contribution is 2.53. The number of aromatic carboxylic acids is 1. The van der Waals surface area contributed by atoms with Gasteiger partial charge in [0.2, 0.25) is 0 Å². The Hall–Kier alpha value is -0.890. The van der Waals surface area contributed by atoms with Crippen molar-refractivity contribution in [2.45, 2.75) is 24.8 Å². The lowest BCUT2D eigenvalue weighted by Gasteiger charge is -2.34. The first-order valence-electron chi connectivity index (χ1n) is 6.37. The summed E-state index contributed by atoms with van der Waals surface area (Å²) in [4.78, 5) is 15.7. The Kier molecular flexibility index (Phi) is 2.76.